The molecule has 12 heavy (non-hydrogen) atoms. The van der Waals surface area contributed by atoms with E-state index in [1.54, 1.807) is 0 Å². The Hall–Kier alpha value is -0.373. The molecule has 1 rings (SSSR count). The van der Waals surface area contributed by atoms with E-state index in [-0.39, 0.29) is 5.92 Å². The van der Waals surface area contributed by atoms with Crippen molar-refractivity contribution in [2.45, 2.75) is 38.9 Å². The van der Waals surface area contributed by atoms with Gasteiger partial charge in [-0.25, -0.2) is 0 Å². The fourth-order valence-electron chi connectivity index (χ4n) is 1.71. The van der Waals surface area contributed by atoms with Gasteiger partial charge in [-0.1, -0.05) is 24.8 Å². The Bertz CT molecular complexity index is 212. The third kappa shape index (κ3) is 1.86. The molecule has 1 aliphatic carbocycles. The second kappa shape index (κ2) is 3.17. The third-order valence-corrected chi connectivity index (χ3v) is 4.96. The molecular formula is C10H18OSi. The highest BCUT2D eigenvalue weighted by Crippen LogP contribution is 2.32. The quantitative estimate of drug-likeness (QED) is 0.600. The molecule has 0 aliphatic heterocycles. The molecule has 0 aromatic rings. The molecule has 68 valence electrons. The summed E-state index contributed by atoms with van der Waals surface area (Å²) in [5.74, 6) is 0.652. The summed E-state index contributed by atoms with van der Waals surface area (Å²) >= 11 is 0. The average Bonchev–Trinajstić information content (AvgIpc) is 2.31. The van der Waals surface area contributed by atoms with Crippen molar-refractivity contribution < 1.29 is 4.79 Å². The predicted molar refractivity (Wildman–Crippen MR) is 54.8 cm³/mol. The van der Waals surface area contributed by atoms with Crippen LogP contribution in [-0.4, -0.2) is 13.9 Å². The van der Waals surface area contributed by atoms with E-state index in [0.29, 0.717) is 5.78 Å². The first-order chi connectivity index (χ1) is 5.43. The van der Waals surface area contributed by atoms with Crippen molar-refractivity contribution >= 4 is 13.9 Å². The first-order valence-electron chi connectivity index (χ1n) is 4.65. The van der Waals surface area contributed by atoms with E-state index in [0.717, 1.165) is 19.3 Å². The summed E-state index contributed by atoms with van der Waals surface area (Å²) < 4.78 is 0. The van der Waals surface area contributed by atoms with Gasteiger partial charge < -0.3 is 0 Å². The maximum Gasteiger partial charge on any atom is 0.139 e. The number of hydrogen-bond donors (Lipinski definition) is 0. The maximum atomic E-state index is 11.4. The van der Waals surface area contributed by atoms with Gasteiger partial charge in [0.05, 0.1) is 8.07 Å². The molecule has 1 unspecified atom stereocenters. The van der Waals surface area contributed by atoms with Crippen LogP contribution >= 0.6 is 0 Å². The molecule has 0 heterocycles. The van der Waals surface area contributed by atoms with Crippen LogP contribution in [0.4, 0.5) is 0 Å². The number of rotatable bonds is 2. The highest BCUT2D eigenvalue weighted by Gasteiger charge is 2.32. The van der Waals surface area contributed by atoms with Gasteiger partial charge in [-0.15, -0.1) is 6.58 Å². The van der Waals surface area contributed by atoms with Crippen molar-refractivity contribution in [2.24, 2.45) is 5.92 Å². The molecule has 0 bridgehead atoms. The van der Waals surface area contributed by atoms with Crippen LogP contribution in [0, 0.1) is 5.92 Å². The van der Waals surface area contributed by atoms with Gasteiger partial charge >= 0.3 is 0 Å². The highest BCUT2D eigenvalue weighted by molar-refractivity contribution is 6.83. The Morgan fingerprint density at radius 1 is 1.50 bits per heavy atom. The summed E-state index contributed by atoms with van der Waals surface area (Å²) in [6.45, 7) is 10.9. The fourth-order valence-corrected chi connectivity index (χ4v) is 3.06. The number of carbonyl (C=O) groups is 1. The molecule has 0 amide bonds. The maximum absolute atomic E-state index is 11.4. The SMILES string of the molecule is C=C(C1CCCC1=O)[Si](C)(C)C. The minimum Gasteiger partial charge on any atom is -0.299 e. The van der Waals surface area contributed by atoms with E-state index in [9.17, 15) is 4.79 Å². The Kier molecular flexibility index (Phi) is 2.57. The van der Waals surface area contributed by atoms with E-state index >= 15 is 0 Å². The lowest BCUT2D eigenvalue weighted by molar-refractivity contribution is -0.119. The number of ketones is 1. The van der Waals surface area contributed by atoms with Crippen LogP contribution in [0.25, 0.3) is 0 Å². The molecule has 1 fully saturated rings. The first-order valence-corrected chi connectivity index (χ1v) is 8.15. The molecule has 1 nitrogen and oxygen atoms in total. The van der Waals surface area contributed by atoms with Gasteiger partial charge in [0.25, 0.3) is 0 Å². The fraction of sp³-hybridized carbons (Fsp3) is 0.700. The van der Waals surface area contributed by atoms with Crippen molar-refractivity contribution in [3.8, 4) is 0 Å². The van der Waals surface area contributed by atoms with Crippen molar-refractivity contribution in [1.29, 1.82) is 0 Å². The largest absolute Gasteiger partial charge is 0.299 e. The van der Waals surface area contributed by atoms with Gasteiger partial charge in [0, 0.05) is 12.3 Å². The van der Waals surface area contributed by atoms with E-state index < -0.39 is 8.07 Å². The highest BCUT2D eigenvalue weighted by atomic mass is 28.3. The zero-order valence-electron chi connectivity index (χ0n) is 8.31. The smallest absolute Gasteiger partial charge is 0.139 e. The molecule has 1 aliphatic rings. The van der Waals surface area contributed by atoms with Gasteiger partial charge in [0.15, 0.2) is 0 Å². The monoisotopic (exact) mass is 182 g/mol. The van der Waals surface area contributed by atoms with E-state index in [2.05, 4.69) is 26.2 Å². The molecule has 0 aromatic carbocycles. The topological polar surface area (TPSA) is 17.1 Å². The van der Waals surface area contributed by atoms with Crippen molar-refractivity contribution in [3.05, 3.63) is 11.8 Å². The normalized spacial score (nSPS) is 24.6. The lowest BCUT2D eigenvalue weighted by Crippen LogP contribution is -2.30. The summed E-state index contributed by atoms with van der Waals surface area (Å²) in [4.78, 5) is 11.4. The molecule has 1 atom stereocenters. The predicted octanol–water partition coefficient (Wildman–Crippen LogP) is 2.79. The Balaban J connectivity index is 2.71. The molecule has 0 saturated heterocycles. The molecule has 0 radical (unpaired) electrons. The molecule has 1 saturated carbocycles. The minimum absolute atomic E-state index is 0.219. The average molecular weight is 182 g/mol. The Morgan fingerprint density at radius 2 is 2.08 bits per heavy atom. The molecule has 0 spiro atoms. The van der Waals surface area contributed by atoms with Crippen LogP contribution in [-0.2, 0) is 4.79 Å². The number of Topliss-reactive ketones (excluding diaryl/α,β-unsaturated/α-hetero) is 1. The summed E-state index contributed by atoms with van der Waals surface area (Å²) in [7, 11) is -1.28. The van der Waals surface area contributed by atoms with Crippen LogP contribution in [0.15, 0.2) is 11.8 Å². The summed E-state index contributed by atoms with van der Waals surface area (Å²) in [6, 6.07) is 0. The van der Waals surface area contributed by atoms with E-state index in [1.165, 1.54) is 5.20 Å². The molecule has 2 heteroatoms. The first kappa shape index (κ1) is 9.71. The molecule has 0 N–H and O–H groups in total. The van der Waals surface area contributed by atoms with Crippen LogP contribution in [0.5, 0.6) is 0 Å². The second-order valence-corrected chi connectivity index (χ2v) is 9.83. The zero-order valence-corrected chi connectivity index (χ0v) is 9.31. The second-order valence-electron chi connectivity index (χ2n) is 4.69. The van der Waals surface area contributed by atoms with Crippen LogP contribution in [0.3, 0.4) is 0 Å². The number of allylic oxidation sites excluding steroid dienone is 1. The van der Waals surface area contributed by atoms with Crippen molar-refractivity contribution in [2.75, 3.05) is 0 Å². The summed E-state index contributed by atoms with van der Waals surface area (Å²) in [5, 5.41) is 1.25. The lowest BCUT2D eigenvalue weighted by atomic mass is 10.1. The Morgan fingerprint density at radius 3 is 2.42 bits per heavy atom. The number of hydrogen-bond acceptors (Lipinski definition) is 1. The van der Waals surface area contributed by atoms with E-state index in [1.807, 2.05) is 0 Å². The van der Waals surface area contributed by atoms with Gasteiger partial charge in [-0.2, -0.15) is 0 Å². The molecule has 0 aromatic heterocycles. The lowest BCUT2D eigenvalue weighted by Gasteiger charge is -2.23. The van der Waals surface area contributed by atoms with Gasteiger partial charge in [-0.3, -0.25) is 4.79 Å². The van der Waals surface area contributed by atoms with Gasteiger partial charge in [0.2, 0.25) is 0 Å². The van der Waals surface area contributed by atoms with Gasteiger partial charge in [-0.05, 0) is 12.8 Å². The number of carbonyl (C=O) groups excluding carboxylic acids is 1. The summed E-state index contributed by atoms with van der Waals surface area (Å²) in [5.41, 5.74) is 0. The zero-order chi connectivity index (χ0) is 9.35. The summed E-state index contributed by atoms with van der Waals surface area (Å²) in [6.07, 6.45) is 2.92. The minimum atomic E-state index is -1.28. The third-order valence-electron chi connectivity index (χ3n) is 2.69. The van der Waals surface area contributed by atoms with Crippen LogP contribution in [0.1, 0.15) is 19.3 Å². The van der Waals surface area contributed by atoms with Crippen molar-refractivity contribution in [3.63, 3.8) is 0 Å². The Labute approximate surface area is 75.9 Å². The van der Waals surface area contributed by atoms with Crippen LogP contribution in [0.2, 0.25) is 19.6 Å². The van der Waals surface area contributed by atoms with Crippen LogP contribution < -0.4 is 0 Å². The van der Waals surface area contributed by atoms with E-state index in [4.69, 9.17) is 0 Å². The van der Waals surface area contributed by atoms with Gasteiger partial charge in [0.1, 0.15) is 5.78 Å². The standard InChI is InChI=1S/C10H18OSi/c1-8(12(2,3)4)9-6-5-7-10(9)11/h9H,1,5-7H2,2-4H3. The van der Waals surface area contributed by atoms with Crippen molar-refractivity contribution in [1.82, 2.24) is 0 Å². The molecular weight excluding hydrogens is 164 g/mol.